The molecular formula is C35H60N2O6. The maximum atomic E-state index is 12.4. The molecule has 0 aromatic heterocycles. The number of hydrogen-bond donors (Lipinski definition) is 3. The van der Waals surface area contributed by atoms with Crippen LogP contribution >= 0.6 is 0 Å². The summed E-state index contributed by atoms with van der Waals surface area (Å²) in [7, 11) is 1.60. The lowest BCUT2D eigenvalue weighted by Gasteiger charge is -2.64. The summed E-state index contributed by atoms with van der Waals surface area (Å²) >= 11 is 0. The first-order valence-corrected chi connectivity index (χ1v) is 17.6. The summed E-state index contributed by atoms with van der Waals surface area (Å²) in [6.45, 7) is 16.4. The van der Waals surface area contributed by atoms with Gasteiger partial charge in [0.25, 0.3) is 0 Å². The van der Waals surface area contributed by atoms with Crippen LogP contribution in [-0.4, -0.2) is 74.8 Å². The molecule has 4 saturated carbocycles. The highest BCUT2D eigenvalue weighted by molar-refractivity contribution is 5.66. The van der Waals surface area contributed by atoms with Gasteiger partial charge in [0.15, 0.2) is 6.29 Å². The van der Waals surface area contributed by atoms with Gasteiger partial charge in [0.1, 0.15) is 6.10 Å². The zero-order valence-electron chi connectivity index (χ0n) is 28.0. The number of hydrogen-bond acceptors (Lipinski definition) is 7. The van der Waals surface area contributed by atoms with Crippen molar-refractivity contribution in [2.24, 2.45) is 45.3 Å². The van der Waals surface area contributed by atoms with E-state index < -0.39 is 12.2 Å². The van der Waals surface area contributed by atoms with E-state index in [9.17, 15) is 9.90 Å². The van der Waals surface area contributed by atoms with Crippen molar-refractivity contribution in [2.75, 3.05) is 26.7 Å². The minimum absolute atomic E-state index is 0.0251. The van der Waals surface area contributed by atoms with Gasteiger partial charge in [0, 0.05) is 25.6 Å². The molecule has 6 aliphatic rings. The van der Waals surface area contributed by atoms with Crippen molar-refractivity contribution < 1.29 is 28.8 Å². The van der Waals surface area contributed by atoms with E-state index in [1.54, 1.807) is 7.05 Å². The molecule has 2 bridgehead atoms. The number of alkyl carbamates (subject to hydrolysis) is 1. The average Bonchev–Trinajstić information content (AvgIpc) is 3.15. The predicted octanol–water partition coefficient (Wildman–Crippen LogP) is 5.66. The fourth-order valence-corrected chi connectivity index (χ4v) is 11.8. The molecule has 246 valence electrons. The molecule has 2 aliphatic heterocycles. The lowest BCUT2D eigenvalue weighted by molar-refractivity contribution is -0.243. The van der Waals surface area contributed by atoms with Crippen LogP contribution in [0.5, 0.6) is 0 Å². The number of nitrogens with one attached hydrogen (secondary N) is 2. The standard InChI is InChI=1S/C35H60N2O6/c1-21(2)28(43-31(39)36-7)24-11-10-23-29(41-24)30(38)34(6)22-9-12-25-32(3,4)26(42-27-20-37-17-18-40-27)13-16-35(25,19-22)15-8-14-33(23,34)5/h21-30,37-38H,8-20H2,1-7H3,(H,36,39). The molecule has 0 aromatic carbocycles. The SMILES string of the molecule is CNC(=O)OC(C(C)C)C1CCC2C(O1)C(O)C1(C)C3CCC4C(CCCC21C)(CCC(OC1CNCCO1)C4(C)C)C3. The first-order chi connectivity index (χ1) is 20.4. The third-order valence-electron chi connectivity index (χ3n) is 14.2. The highest BCUT2D eigenvalue weighted by Crippen LogP contribution is 2.72. The van der Waals surface area contributed by atoms with Crippen LogP contribution in [0.3, 0.4) is 0 Å². The molecule has 2 saturated heterocycles. The molecular weight excluding hydrogens is 544 g/mol. The van der Waals surface area contributed by atoms with Gasteiger partial charge in [0.05, 0.1) is 31.0 Å². The van der Waals surface area contributed by atoms with Crippen LogP contribution in [-0.2, 0) is 18.9 Å². The van der Waals surface area contributed by atoms with Gasteiger partial charge in [0.2, 0.25) is 0 Å². The quantitative estimate of drug-likeness (QED) is 0.373. The molecule has 8 heteroatoms. The zero-order chi connectivity index (χ0) is 30.8. The number of fused-ring (bicyclic) bond motifs is 5. The first kappa shape index (κ1) is 32.0. The van der Waals surface area contributed by atoms with Gasteiger partial charge in [-0.3, -0.25) is 0 Å². The van der Waals surface area contributed by atoms with Gasteiger partial charge in [-0.2, -0.15) is 0 Å². The summed E-state index contributed by atoms with van der Waals surface area (Å²) < 4.78 is 25.3. The molecule has 6 rings (SSSR count). The Bertz CT molecular complexity index is 1020. The second-order valence-corrected chi connectivity index (χ2v) is 16.6. The lowest BCUT2D eigenvalue weighted by atomic mass is 9.42. The summed E-state index contributed by atoms with van der Waals surface area (Å²) in [5.74, 6) is 1.55. The molecule has 2 heterocycles. The summed E-state index contributed by atoms with van der Waals surface area (Å²) in [5.41, 5.74) is 0.215. The Morgan fingerprint density at radius 3 is 2.53 bits per heavy atom. The Balaban J connectivity index is 1.23. The van der Waals surface area contributed by atoms with Crippen LogP contribution in [0.15, 0.2) is 0 Å². The summed E-state index contributed by atoms with van der Waals surface area (Å²) in [4.78, 5) is 12.2. The van der Waals surface area contributed by atoms with Crippen LogP contribution in [0, 0.1) is 45.3 Å². The van der Waals surface area contributed by atoms with Gasteiger partial charge in [-0.05, 0) is 97.7 Å². The van der Waals surface area contributed by atoms with Crippen molar-refractivity contribution in [1.29, 1.82) is 0 Å². The minimum Gasteiger partial charge on any atom is -0.443 e. The van der Waals surface area contributed by atoms with E-state index in [1.807, 2.05) is 0 Å². The predicted molar refractivity (Wildman–Crippen MR) is 165 cm³/mol. The number of ether oxygens (including phenoxy) is 4. The third-order valence-corrected chi connectivity index (χ3v) is 14.2. The Morgan fingerprint density at radius 2 is 1.84 bits per heavy atom. The second-order valence-electron chi connectivity index (χ2n) is 16.6. The Hall–Kier alpha value is -0.930. The van der Waals surface area contributed by atoms with Crippen LogP contribution in [0.4, 0.5) is 4.79 Å². The van der Waals surface area contributed by atoms with Crippen LogP contribution < -0.4 is 10.6 Å². The van der Waals surface area contributed by atoms with Crippen molar-refractivity contribution >= 4 is 6.09 Å². The van der Waals surface area contributed by atoms with Gasteiger partial charge in [-0.25, -0.2) is 4.79 Å². The van der Waals surface area contributed by atoms with Crippen molar-refractivity contribution in [3.63, 3.8) is 0 Å². The molecule has 0 radical (unpaired) electrons. The monoisotopic (exact) mass is 604 g/mol. The Labute approximate surface area is 260 Å². The largest absolute Gasteiger partial charge is 0.443 e. The van der Waals surface area contributed by atoms with Crippen molar-refractivity contribution in [3.8, 4) is 0 Å². The number of amides is 1. The zero-order valence-corrected chi connectivity index (χ0v) is 28.0. The smallest absolute Gasteiger partial charge is 0.407 e. The van der Waals surface area contributed by atoms with Crippen molar-refractivity contribution in [1.82, 2.24) is 10.6 Å². The highest BCUT2D eigenvalue weighted by atomic mass is 16.7. The maximum absolute atomic E-state index is 12.4. The van der Waals surface area contributed by atoms with E-state index in [-0.39, 0.29) is 52.9 Å². The van der Waals surface area contributed by atoms with Gasteiger partial charge in [-0.15, -0.1) is 0 Å². The molecule has 12 unspecified atom stereocenters. The van der Waals surface area contributed by atoms with Crippen LogP contribution in [0.25, 0.3) is 0 Å². The molecule has 1 spiro atoms. The van der Waals surface area contributed by atoms with Gasteiger partial charge >= 0.3 is 6.09 Å². The third kappa shape index (κ3) is 5.08. The Morgan fingerprint density at radius 1 is 1.05 bits per heavy atom. The fourth-order valence-electron chi connectivity index (χ4n) is 11.8. The number of rotatable bonds is 5. The second kappa shape index (κ2) is 11.7. The van der Waals surface area contributed by atoms with E-state index in [4.69, 9.17) is 18.9 Å². The van der Waals surface area contributed by atoms with E-state index in [0.29, 0.717) is 23.2 Å². The number of morpholine rings is 1. The number of carbonyl (C=O) groups is 1. The Kier molecular flexibility index (Phi) is 8.72. The molecule has 4 aliphatic carbocycles. The van der Waals surface area contributed by atoms with Gasteiger partial charge in [-0.1, -0.05) is 48.0 Å². The molecule has 1 amide bonds. The molecule has 8 nitrogen and oxygen atoms in total. The minimum atomic E-state index is -0.515. The molecule has 0 aromatic rings. The number of carbonyl (C=O) groups excluding carboxylic acids is 1. The number of aliphatic hydroxyl groups excluding tert-OH is 1. The molecule has 12 atom stereocenters. The lowest BCUT2D eigenvalue weighted by Crippen LogP contribution is -2.59. The van der Waals surface area contributed by atoms with E-state index in [2.05, 4.69) is 52.2 Å². The van der Waals surface area contributed by atoms with Crippen molar-refractivity contribution in [2.45, 2.75) is 143 Å². The summed E-state index contributed by atoms with van der Waals surface area (Å²) in [6.07, 6.45) is 9.81. The van der Waals surface area contributed by atoms with E-state index >= 15 is 0 Å². The average molecular weight is 605 g/mol. The van der Waals surface area contributed by atoms with Crippen molar-refractivity contribution in [3.05, 3.63) is 0 Å². The topological polar surface area (TPSA) is 98.3 Å². The van der Waals surface area contributed by atoms with Gasteiger partial charge < -0.3 is 34.7 Å². The summed E-state index contributed by atoms with van der Waals surface area (Å²) in [6, 6.07) is 0. The first-order valence-electron chi connectivity index (χ1n) is 17.6. The number of aliphatic hydroxyl groups is 1. The molecule has 6 fully saturated rings. The normalized spacial score (nSPS) is 48.2. The van der Waals surface area contributed by atoms with Crippen LogP contribution in [0.2, 0.25) is 0 Å². The fraction of sp³-hybridized carbons (Fsp3) is 0.971. The van der Waals surface area contributed by atoms with Crippen LogP contribution in [0.1, 0.15) is 106 Å². The summed E-state index contributed by atoms with van der Waals surface area (Å²) in [5, 5.41) is 18.4. The van der Waals surface area contributed by atoms with E-state index in [1.165, 1.54) is 32.1 Å². The highest BCUT2D eigenvalue weighted by Gasteiger charge is 2.70. The molecule has 3 N–H and O–H groups in total. The van der Waals surface area contributed by atoms with E-state index in [0.717, 1.165) is 51.8 Å². The maximum Gasteiger partial charge on any atom is 0.407 e. The molecule has 43 heavy (non-hydrogen) atoms.